The fraction of sp³-hybridized carbons (Fsp3) is 0. The molecule has 0 saturated carbocycles. The van der Waals surface area contributed by atoms with Gasteiger partial charge in [0.25, 0.3) is 0 Å². The Labute approximate surface area is 336 Å². The van der Waals surface area contributed by atoms with Gasteiger partial charge in [-0.15, -0.1) is 21.9 Å². The lowest BCUT2D eigenvalue weighted by Gasteiger charge is -2.44. The number of phenols is 1. The first-order valence-corrected chi connectivity index (χ1v) is 16.6. The molecular formula is C39H12BF20NO2. The second-order valence-corrected chi connectivity index (χ2v) is 12.8. The van der Waals surface area contributed by atoms with Gasteiger partial charge < -0.3 is 5.11 Å². The van der Waals surface area contributed by atoms with E-state index in [4.69, 9.17) is 4.84 Å². The average Bonchev–Trinajstić information content (AvgIpc) is 3.27. The molecule has 1 heterocycles. The number of rotatable bonds is 6. The van der Waals surface area contributed by atoms with Crippen molar-refractivity contribution in [3.05, 3.63) is 183 Å². The number of hydrogen-bond donors (Lipinski definition) is 1. The van der Waals surface area contributed by atoms with E-state index in [1.165, 1.54) is 5.39 Å². The Balaban J connectivity index is 0.000000302. The molecule has 1 N–H and O–H groups in total. The highest BCUT2D eigenvalue weighted by molar-refractivity contribution is 7.20. The van der Waals surface area contributed by atoms with Crippen LogP contribution in [-0.2, 0) is 0 Å². The third kappa shape index (κ3) is 7.15. The molecule has 7 rings (SSSR count). The van der Waals surface area contributed by atoms with Gasteiger partial charge in [0.2, 0.25) is 18.1 Å². The molecule has 0 bridgehead atoms. The molecule has 24 heteroatoms. The van der Waals surface area contributed by atoms with Crippen LogP contribution in [0.15, 0.2) is 67.0 Å². The molecule has 0 atom stereocenters. The summed E-state index contributed by atoms with van der Waals surface area (Å²) in [7, 11) is 0. The molecule has 0 fully saturated rings. The van der Waals surface area contributed by atoms with Gasteiger partial charge in [-0.2, -0.15) is 0 Å². The normalized spacial score (nSPS) is 11.6. The monoisotopic (exact) mass is 917 g/mol. The molecule has 0 amide bonds. The lowest BCUT2D eigenvalue weighted by atomic mass is 9.12. The molecule has 0 aliphatic heterocycles. The van der Waals surface area contributed by atoms with Gasteiger partial charge in [-0.05, 0) is 35.7 Å². The molecule has 0 saturated heterocycles. The van der Waals surface area contributed by atoms with E-state index in [2.05, 4.69) is 6.07 Å². The smallest absolute Gasteiger partial charge is 0.230 e. The summed E-state index contributed by atoms with van der Waals surface area (Å²) < 4.78 is 296. The molecule has 1 aromatic heterocycles. The Kier molecular flexibility index (Phi) is 12.1. The minimum atomic E-state index is -7.22. The Bertz CT molecular complexity index is 2620. The Morgan fingerprint density at radius 2 is 0.603 bits per heavy atom. The first-order chi connectivity index (χ1) is 29.5. The van der Waals surface area contributed by atoms with Gasteiger partial charge in [0.05, 0.1) is 5.39 Å². The maximum absolute atomic E-state index is 15.4. The van der Waals surface area contributed by atoms with E-state index < -0.39 is 144 Å². The third-order valence-electron chi connectivity index (χ3n) is 9.42. The van der Waals surface area contributed by atoms with Crippen LogP contribution in [0.1, 0.15) is 0 Å². The van der Waals surface area contributed by atoms with Crippen molar-refractivity contribution in [1.82, 2.24) is 0 Å². The fourth-order valence-electron chi connectivity index (χ4n) is 6.67. The minimum absolute atomic E-state index is 0.228. The van der Waals surface area contributed by atoms with Crippen LogP contribution in [0, 0.1) is 116 Å². The average molecular weight is 917 g/mol. The highest BCUT2D eigenvalue weighted by atomic mass is 19.2. The van der Waals surface area contributed by atoms with Crippen molar-refractivity contribution >= 4 is 38.8 Å². The fourth-order valence-corrected chi connectivity index (χ4v) is 6.67. The minimum Gasteiger partial charge on any atom is -0.508 e. The molecule has 0 aliphatic carbocycles. The van der Waals surface area contributed by atoms with E-state index in [-0.39, 0.29) is 5.75 Å². The summed E-state index contributed by atoms with van der Waals surface area (Å²) >= 11 is 0. The Hall–Kier alpha value is -7.01. The van der Waals surface area contributed by atoms with E-state index in [1.807, 2.05) is 36.7 Å². The van der Waals surface area contributed by atoms with E-state index >= 15 is 35.1 Å². The second kappa shape index (κ2) is 16.7. The van der Waals surface area contributed by atoms with Crippen LogP contribution in [0.3, 0.4) is 0 Å². The molecule has 0 unspecified atom stereocenters. The summed E-state index contributed by atoms with van der Waals surface area (Å²) in [5, 5.41) is 11.5. The van der Waals surface area contributed by atoms with Crippen LogP contribution in [0.2, 0.25) is 0 Å². The van der Waals surface area contributed by atoms with Crippen LogP contribution >= 0.6 is 0 Å². The zero-order valence-electron chi connectivity index (χ0n) is 29.8. The highest BCUT2D eigenvalue weighted by Crippen LogP contribution is 2.31. The van der Waals surface area contributed by atoms with Crippen molar-refractivity contribution in [1.29, 1.82) is 0 Å². The number of fused-ring (bicyclic) bond motifs is 1. The predicted molar refractivity (Wildman–Crippen MR) is 177 cm³/mol. The first-order valence-electron chi connectivity index (χ1n) is 16.6. The van der Waals surface area contributed by atoms with Crippen molar-refractivity contribution in [3.8, 4) is 11.5 Å². The molecule has 0 radical (unpaired) electrons. The van der Waals surface area contributed by atoms with Gasteiger partial charge >= 0.3 is 0 Å². The van der Waals surface area contributed by atoms with Crippen LogP contribution in [-0.4, -0.2) is 11.3 Å². The van der Waals surface area contributed by atoms with E-state index in [1.54, 1.807) is 29.0 Å². The maximum atomic E-state index is 15.4. The molecule has 0 spiro atoms. The van der Waals surface area contributed by atoms with Crippen LogP contribution in [0.4, 0.5) is 87.8 Å². The van der Waals surface area contributed by atoms with Crippen molar-refractivity contribution in [3.63, 3.8) is 0 Å². The quantitative estimate of drug-likeness (QED) is 0.0598. The first kappa shape index (κ1) is 45.5. The molecule has 6 aromatic carbocycles. The number of pyridine rings is 1. The van der Waals surface area contributed by atoms with Crippen molar-refractivity contribution < 1.29 is 102 Å². The number of aromatic hydroxyl groups is 1. The number of hydrogen-bond acceptors (Lipinski definition) is 2. The zero-order valence-corrected chi connectivity index (χ0v) is 29.8. The number of halogens is 20. The third-order valence-corrected chi connectivity index (χ3v) is 9.42. The second-order valence-electron chi connectivity index (χ2n) is 12.8. The van der Waals surface area contributed by atoms with Crippen LogP contribution < -0.4 is 31.4 Å². The van der Waals surface area contributed by atoms with Crippen LogP contribution in [0.25, 0.3) is 10.8 Å². The van der Waals surface area contributed by atoms with Gasteiger partial charge in [-0.3, -0.25) is 0 Å². The Morgan fingerprint density at radius 1 is 0.333 bits per heavy atom. The van der Waals surface area contributed by atoms with Gasteiger partial charge in [-0.25, -0.2) is 92.6 Å². The summed E-state index contributed by atoms with van der Waals surface area (Å²) in [6.07, 6.45) is -3.44. The number of aromatic nitrogens is 1. The summed E-state index contributed by atoms with van der Waals surface area (Å²) in [6.45, 7) is 0. The molecule has 328 valence electrons. The Morgan fingerprint density at radius 3 is 0.905 bits per heavy atom. The predicted octanol–water partition coefficient (Wildman–Crippen LogP) is 8.52. The number of nitrogens with zero attached hydrogens (tertiary/aromatic N) is 1. The molecular weight excluding hydrogens is 905 g/mol. The SMILES string of the molecule is Fc1c(F)c(F)c([B-](c2c(F)c(F)c(F)c(F)c2F)(c2c(F)c(F)c(F)c(F)c2F)c2c(F)c(F)c(F)c(F)c2F)c(F)c1F.Oc1ccc(O[n+]2ccc3ccccc3c2)cc1. The zero-order chi connectivity index (χ0) is 46.7. The summed E-state index contributed by atoms with van der Waals surface area (Å²) in [5.41, 5.74) is -14.3. The van der Waals surface area contributed by atoms with Crippen LogP contribution in [0.5, 0.6) is 11.5 Å². The summed E-state index contributed by atoms with van der Waals surface area (Å²) in [6, 6.07) is 16.7. The lowest BCUT2D eigenvalue weighted by Crippen LogP contribution is -2.81. The van der Waals surface area contributed by atoms with Gasteiger partial charge in [0.15, 0.2) is 69.8 Å². The van der Waals surface area contributed by atoms with E-state index in [0.717, 1.165) is 5.39 Å². The maximum Gasteiger partial charge on any atom is 0.230 e. The standard InChI is InChI=1S/C24BF20.C15H11NO2/c26-5-1(6(27)14(35)21(42)13(5)34)25(2-7(28)15(36)22(43)16(37)8(2)29,3-9(30)17(38)23(44)18(39)10(3)31)4-11(32)19(40)24(45)20(41)12(4)33;17-14-5-7-15(8-6-14)18-16-10-9-12-3-1-2-4-13(12)11-16/h;1-11H/q-1;/p+1. The van der Waals surface area contributed by atoms with Crippen molar-refractivity contribution in [2.24, 2.45) is 0 Å². The lowest BCUT2D eigenvalue weighted by molar-refractivity contribution is -0.874. The summed E-state index contributed by atoms with van der Waals surface area (Å²) in [5.74, 6) is -70.5. The number of benzene rings is 6. The number of phenolic OH excluding ortho intramolecular Hbond substituents is 1. The largest absolute Gasteiger partial charge is 0.508 e. The topological polar surface area (TPSA) is 33.3 Å². The van der Waals surface area contributed by atoms with E-state index in [9.17, 15) is 57.8 Å². The van der Waals surface area contributed by atoms with E-state index in [0.29, 0.717) is 5.75 Å². The molecule has 63 heavy (non-hydrogen) atoms. The molecule has 3 nitrogen and oxygen atoms in total. The molecule has 0 aliphatic rings. The highest BCUT2D eigenvalue weighted by Gasteiger charge is 2.52. The van der Waals surface area contributed by atoms with Crippen molar-refractivity contribution in [2.45, 2.75) is 0 Å². The molecule has 7 aromatic rings. The van der Waals surface area contributed by atoms with Gasteiger partial charge in [0, 0.05) is 10.8 Å². The summed E-state index contributed by atoms with van der Waals surface area (Å²) in [4.78, 5) is 5.65. The van der Waals surface area contributed by atoms with Gasteiger partial charge in [-0.1, -0.05) is 18.2 Å². The van der Waals surface area contributed by atoms with Crippen molar-refractivity contribution in [2.75, 3.05) is 0 Å². The van der Waals surface area contributed by atoms with Gasteiger partial charge in [0.1, 0.15) is 58.4 Å².